The largest absolute Gasteiger partial charge is 0.491 e. The highest BCUT2D eigenvalue weighted by molar-refractivity contribution is 6.06. The van der Waals surface area contributed by atoms with E-state index in [4.69, 9.17) is 9.47 Å². The summed E-state index contributed by atoms with van der Waals surface area (Å²) >= 11 is 0. The number of pyridine rings is 1. The summed E-state index contributed by atoms with van der Waals surface area (Å²) in [6.45, 7) is 5.40. The van der Waals surface area contributed by atoms with Crippen LogP contribution in [0.15, 0.2) is 60.8 Å². The smallest absolute Gasteiger partial charge is 0.408 e. The molecule has 0 saturated heterocycles. The Bertz CT molecular complexity index is 1060. The van der Waals surface area contributed by atoms with E-state index in [-0.39, 0.29) is 17.9 Å². The summed E-state index contributed by atoms with van der Waals surface area (Å²) in [6, 6.07) is 15.7. The topological polar surface area (TPSA) is 97.8 Å². The van der Waals surface area contributed by atoms with Gasteiger partial charge >= 0.3 is 12.1 Å². The number of hydrogen-bond acceptors (Lipinski definition) is 5. The van der Waals surface area contributed by atoms with E-state index in [1.807, 2.05) is 36.4 Å². The molecule has 3 aromatic rings. The van der Waals surface area contributed by atoms with Gasteiger partial charge in [-0.1, -0.05) is 36.4 Å². The van der Waals surface area contributed by atoms with E-state index in [0.29, 0.717) is 11.8 Å². The predicted molar refractivity (Wildman–Crippen MR) is 118 cm³/mol. The Labute approximate surface area is 181 Å². The molecule has 3 rings (SSSR count). The highest BCUT2D eigenvalue weighted by Gasteiger charge is 2.22. The Hall–Kier alpha value is -3.61. The van der Waals surface area contributed by atoms with Crippen LogP contribution in [-0.2, 0) is 11.2 Å². The van der Waals surface area contributed by atoms with Gasteiger partial charge in [0.15, 0.2) is 0 Å². The number of nitrogens with one attached hydrogen (secondary N) is 1. The highest BCUT2D eigenvalue weighted by Crippen LogP contribution is 2.28. The second-order valence-electron chi connectivity index (χ2n) is 8.14. The summed E-state index contributed by atoms with van der Waals surface area (Å²) in [5.41, 5.74) is 0.214. The molecular weight excluding hydrogens is 396 g/mol. The van der Waals surface area contributed by atoms with Crippen molar-refractivity contribution in [2.45, 2.75) is 38.8 Å². The molecule has 31 heavy (non-hydrogen) atoms. The molecule has 0 radical (unpaired) electrons. The average Bonchev–Trinajstić information content (AvgIpc) is 2.70. The quantitative estimate of drug-likeness (QED) is 0.584. The van der Waals surface area contributed by atoms with Crippen LogP contribution in [-0.4, -0.2) is 40.4 Å². The number of fused-ring (bicyclic) bond motifs is 1. The van der Waals surface area contributed by atoms with Gasteiger partial charge in [0.05, 0.1) is 6.04 Å². The van der Waals surface area contributed by atoms with Crippen molar-refractivity contribution in [3.8, 4) is 5.75 Å². The maximum absolute atomic E-state index is 12.3. The first-order chi connectivity index (χ1) is 14.7. The Morgan fingerprint density at radius 2 is 1.81 bits per heavy atom. The molecule has 1 aromatic heterocycles. The van der Waals surface area contributed by atoms with Crippen LogP contribution in [0.25, 0.3) is 10.8 Å². The maximum atomic E-state index is 12.3. The van der Waals surface area contributed by atoms with E-state index in [1.54, 1.807) is 45.2 Å². The van der Waals surface area contributed by atoms with Crippen molar-refractivity contribution in [3.63, 3.8) is 0 Å². The predicted octanol–water partition coefficient (Wildman–Crippen LogP) is 4.45. The molecule has 0 aliphatic heterocycles. The fourth-order valence-corrected chi connectivity index (χ4v) is 3.18. The fraction of sp³-hybridized carbons (Fsp3) is 0.292. The normalized spacial score (nSPS) is 12.2. The Morgan fingerprint density at radius 1 is 1.06 bits per heavy atom. The Balaban J connectivity index is 1.81. The van der Waals surface area contributed by atoms with Crippen LogP contribution in [0.3, 0.4) is 0 Å². The number of carbonyl (C=O) groups is 2. The number of aromatic nitrogens is 1. The van der Waals surface area contributed by atoms with Crippen LogP contribution < -0.4 is 10.1 Å². The van der Waals surface area contributed by atoms with Crippen LogP contribution in [0.4, 0.5) is 4.79 Å². The SMILES string of the molecule is CC(C)(C)OC(=O)N[C@@H](COc1ccc2ccccc2c1C(=O)O)Cc1ccccn1. The molecule has 2 N–H and O–H groups in total. The van der Waals surface area contributed by atoms with Crippen molar-refractivity contribution in [2.75, 3.05) is 6.61 Å². The lowest BCUT2D eigenvalue weighted by Crippen LogP contribution is -2.43. The molecule has 7 nitrogen and oxygen atoms in total. The van der Waals surface area contributed by atoms with Crippen molar-refractivity contribution in [1.29, 1.82) is 0 Å². The standard InChI is InChI=1S/C24H26N2O5/c1-24(2,3)31-23(29)26-18(14-17-9-6-7-13-25-17)15-30-20-12-11-16-8-4-5-10-19(16)21(20)22(27)28/h4-13,18H,14-15H2,1-3H3,(H,26,29)(H,27,28)/t18-/m1/s1. The maximum Gasteiger partial charge on any atom is 0.408 e. The van der Waals surface area contributed by atoms with Crippen molar-refractivity contribution in [3.05, 3.63) is 72.1 Å². The second-order valence-corrected chi connectivity index (χ2v) is 8.14. The number of benzene rings is 2. The molecule has 2 aromatic carbocycles. The first-order valence-electron chi connectivity index (χ1n) is 10.0. The zero-order chi connectivity index (χ0) is 22.4. The summed E-state index contributed by atoms with van der Waals surface area (Å²) in [5.74, 6) is -0.837. The van der Waals surface area contributed by atoms with E-state index in [2.05, 4.69) is 10.3 Å². The van der Waals surface area contributed by atoms with Gasteiger partial charge in [-0.15, -0.1) is 0 Å². The molecule has 0 unspecified atom stereocenters. The Kier molecular flexibility index (Phi) is 6.74. The second kappa shape index (κ2) is 9.47. The van der Waals surface area contributed by atoms with Crippen LogP contribution in [0.5, 0.6) is 5.75 Å². The lowest BCUT2D eigenvalue weighted by molar-refractivity contribution is 0.0485. The number of amides is 1. The molecule has 0 bridgehead atoms. The summed E-state index contributed by atoms with van der Waals surface area (Å²) in [6.07, 6.45) is 1.50. The van der Waals surface area contributed by atoms with Crippen LogP contribution in [0, 0.1) is 0 Å². The molecule has 162 valence electrons. The highest BCUT2D eigenvalue weighted by atomic mass is 16.6. The number of carboxylic acids is 1. The van der Waals surface area contributed by atoms with E-state index in [1.165, 1.54) is 0 Å². The fourth-order valence-electron chi connectivity index (χ4n) is 3.18. The minimum atomic E-state index is -1.08. The third-order valence-electron chi connectivity index (χ3n) is 4.45. The molecule has 1 atom stereocenters. The number of carbonyl (C=O) groups excluding carboxylic acids is 1. The molecule has 1 heterocycles. The van der Waals surface area contributed by atoms with Gasteiger partial charge in [-0.25, -0.2) is 9.59 Å². The number of hydrogen-bond donors (Lipinski definition) is 2. The summed E-state index contributed by atoms with van der Waals surface area (Å²) < 4.78 is 11.3. The average molecular weight is 422 g/mol. The van der Waals surface area contributed by atoms with Crippen molar-refractivity contribution in [1.82, 2.24) is 10.3 Å². The van der Waals surface area contributed by atoms with Crippen LogP contribution >= 0.6 is 0 Å². The minimum absolute atomic E-state index is 0.0500. The number of nitrogens with zero attached hydrogens (tertiary/aromatic N) is 1. The lowest BCUT2D eigenvalue weighted by atomic mass is 10.0. The minimum Gasteiger partial charge on any atom is -0.491 e. The molecular formula is C24H26N2O5. The summed E-state index contributed by atoms with van der Waals surface area (Å²) in [5, 5.41) is 14.0. The summed E-state index contributed by atoms with van der Waals surface area (Å²) in [4.78, 5) is 28.5. The molecule has 0 aliphatic carbocycles. The van der Waals surface area contributed by atoms with Gasteiger partial charge < -0.3 is 19.9 Å². The van der Waals surface area contributed by atoms with E-state index in [9.17, 15) is 14.7 Å². The van der Waals surface area contributed by atoms with E-state index >= 15 is 0 Å². The monoisotopic (exact) mass is 422 g/mol. The third kappa shape index (κ3) is 6.18. The molecule has 0 spiro atoms. The van der Waals surface area contributed by atoms with Gasteiger partial charge in [0.25, 0.3) is 0 Å². The van der Waals surface area contributed by atoms with Crippen molar-refractivity contribution < 1.29 is 24.2 Å². The first-order valence-corrected chi connectivity index (χ1v) is 10.0. The van der Waals surface area contributed by atoms with E-state index in [0.717, 1.165) is 11.1 Å². The molecule has 7 heteroatoms. The van der Waals surface area contributed by atoms with Gasteiger partial charge in [0, 0.05) is 18.3 Å². The van der Waals surface area contributed by atoms with Crippen LogP contribution in [0.2, 0.25) is 0 Å². The zero-order valence-corrected chi connectivity index (χ0v) is 17.8. The Morgan fingerprint density at radius 3 is 2.48 bits per heavy atom. The molecule has 1 amide bonds. The van der Waals surface area contributed by atoms with Gasteiger partial charge in [-0.2, -0.15) is 0 Å². The first kappa shape index (κ1) is 22.1. The number of rotatable bonds is 7. The molecule has 0 saturated carbocycles. The number of aromatic carboxylic acids is 1. The number of alkyl carbamates (subject to hydrolysis) is 1. The van der Waals surface area contributed by atoms with E-state index < -0.39 is 23.7 Å². The lowest BCUT2D eigenvalue weighted by Gasteiger charge is -2.24. The molecule has 0 fully saturated rings. The third-order valence-corrected chi connectivity index (χ3v) is 4.45. The number of carboxylic acid groups (broad SMARTS) is 1. The molecule has 0 aliphatic rings. The summed E-state index contributed by atoms with van der Waals surface area (Å²) in [7, 11) is 0. The number of ether oxygens (including phenoxy) is 2. The zero-order valence-electron chi connectivity index (χ0n) is 17.8. The van der Waals surface area contributed by atoms with Crippen LogP contribution in [0.1, 0.15) is 36.8 Å². The van der Waals surface area contributed by atoms with Gasteiger partial charge in [-0.3, -0.25) is 4.98 Å². The van der Waals surface area contributed by atoms with Gasteiger partial charge in [0.2, 0.25) is 0 Å². The van der Waals surface area contributed by atoms with Crippen molar-refractivity contribution >= 4 is 22.8 Å². The van der Waals surface area contributed by atoms with Crippen molar-refractivity contribution in [2.24, 2.45) is 0 Å². The van der Waals surface area contributed by atoms with Gasteiger partial charge in [-0.05, 0) is 49.7 Å². The van der Waals surface area contributed by atoms with Gasteiger partial charge in [0.1, 0.15) is 23.5 Å².